The highest BCUT2D eigenvalue weighted by molar-refractivity contribution is 5.94. The zero-order valence-electron chi connectivity index (χ0n) is 15.4. The number of likely N-dealkylation sites (tertiary alicyclic amines) is 1. The van der Waals surface area contributed by atoms with E-state index in [0.29, 0.717) is 5.92 Å². The highest BCUT2D eigenvalue weighted by Gasteiger charge is 2.31. The maximum Gasteiger partial charge on any atom is 0.253 e. The number of halogens is 1. The molecule has 0 radical (unpaired) electrons. The van der Waals surface area contributed by atoms with Gasteiger partial charge in [-0.1, -0.05) is 12.1 Å². The molecule has 2 N–H and O–H groups in total. The van der Waals surface area contributed by atoms with Crippen molar-refractivity contribution >= 4 is 18.3 Å². The molecule has 144 valence electrons. The quantitative estimate of drug-likeness (QED) is 0.849. The molecule has 1 aromatic heterocycles. The molecule has 2 saturated heterocycles. The largest absolute Gasteiger partial charge is 0.339 e. The Balaban J connectivity index is 0.00000180. The zero-order valence-corrected chi connectivity index (χ0v) is 16.2. The zero-order chi connectivity index (χ0) is 17.5. The number of aromatic amines is 1. The number of carbonyl (C=O) groups excluding carboxylic acids is 1. The number of nitrogens with zero attached hydrogens (tertiary/aromatic N) is 3. The Morgan fingerprint density at radius 2 is 1.67 bits per heavy atom. The molecule has 1 saturated carbocycles. The molecule has 3 aliphatic rings. The van der Waals surface area contributed by atoms with E-state index in [1.807, 2.05) is 29.2 Å². The van der Waals surface area contributed by atoms with Gasteiger partial charge in [0.05, 0.1) is 0 Å². The molecule has 0 bridgehead atoms. The summed E-state index contributed by atoms with van der Waals surface area (Å²) in [6.07, 6.45) is 4.64. The number of benzene rings is 1. The molecule has 2 atom stereocenters. The fourth-order valence-corrected chi connectivity index (χ4v) is 4.31. The van der Waals surface area contributed by atoms with Gasteiger partial charge in [-0.2, -0.15) is 5.10 Å². The normalized spacial score (nSPS) is 24.8. The van der Waals surface area contributed by atoms with Gasteiger partial charge in [-0.25, -0.2) is 4.98 Å². The fourth-order valence-electron chi connectivity index (χ4n) is 4.31. The van der Waals surface area contributed by atoms with Crippen LogP contribution in [0.3, 0.4) is 0 Å². The van der Waals surface area contributed by atoms with Crippen molar-refractivity contribution in [2.45, 2.75) is 31.6 Å². The van der Waals surface area contributed by atoms with E-state index in [4.69, 9.17) is 0 Å². The molecule has 1 aromatic carbocycles. The van der Waals surface area contributed by atoms with E-state index in [1.165, 1.54) is 12.8 Å². The summed E-state index contributed by atoms with van der Waals surface area (Å²) >= 11 is 0. The lowest BCUT2D eigenvalue weighted by Gasteiger charge is -2.21. The second-order valence-corrected chi connectivity index (χ2v) is 7.94. The van der Waals surface area contributed by atoms with Crippen LogP contribution in [0.5, 0.6) is 0 Å². The molecule has 2 aromatic rings. The van der Waals surface area contributed by atoms with Crippen molar-refractivity contribution in [1.29, 1.82) is 0 Å². The van der Waals surface area contributed by atoms with Crippen LogP contribution in [-0.2, 0) is 0 Å². The molecule has 5 rings (SSSR count). The number of hydrogen-bond acceptors (Lipinski definition) is 4. The van der Waals surface area contributed by atoms with Crippen LogP contribution in [-0.4, -0.2) is 52.2 Å². The minimum atomic E-state index is 0. The van der Waals surface area contributed by atoms with Crippen molar-refractivity contribution in [3.63, 3.8) is 0 Å². The van der Waals surface area contributed by atoms with E-state index in [9.17, 15) is 4.79 Å². The van der Waals surface area contributed by atoms with Crippen molar-refractivity contribution in [1.82, 2.24) is 25.4 Å². The first-order valence-electron chi connectivity index (χ1n) is 9.80. The van der Waals surface area contributed by atoms with Crippen LogP contribution in [0, 0.1) is 11.8 Å². The van der Waals surface area contributed by atoms with E-state index in [0.717, 1.165) is 73.6 Å². The summed E-state index contributed by atoms with van der Waals surface area (Å²) in [4.78, 5) is 19.5. The van der Waals surface area contributed by atoms with Gasteiger partial charge in [-0.15, -0.1) is 12.4 Å². The first kappa shape index (κ1) is 18.4. The van der Waals surface area contributed by atoms with Gasteiger partial charge in [0.15, 0.2) is 5.82 Å². The number of nitrogens with one attached hydrogen (secondary N) is 2. The highest BCUT2D eigenvalue weighted by atomic mass is 35.5. The summed E-state index contributed by atoms with van der Waals surface area (Å²) < 4.78 is 0. The van der Waals surface area contributed by atoms with Gasteiger partial charge in [0.25, 0.3) is 5.91 Å². The van der Waals surface area contributed by atoms with Crippen molar-refractivity contribution in [2.75, 3.05) is 26.2 Å². The first-order chi connectivity index (χ1) is 12.8. The van der Waals surface area contributed by atoms with E-state index >= 15 is 0 Å². The maximum absolute atomic E-state index is 12.9. The molecule has 7 heteroatoms. The number of amides is 1. The van der Waals surface area contributed by atoms with Crippen LogP contribution in [0.25, 0.3) is 11.4 Å². The highest BCUT2D eigenvalue weighted by Crippen LogP contribution is 2.38. The van der Waals surface area contributed by atoms with Crippen molar-refractivity contribution in [3.05, 3.63) is 35.7 Å². The Labute approximate surface area is 165 Å². The Morgan fingerprint density at radius 3 is 2.30 bits per heavy atom. The number of carbonyl (C=O) groups is 1. The van der Waals surface area contributed by atoms with E-state index in [-0.39, 0.29) is 18.3 Å². The summed E-state index contributed by atoms with van der Waals surface area (Å²) in [5.41, 5.74) is 1.72. The van der Waals surface area contributed by atoms with E-state index in [1.54, 1.807) is 0 Å². The number of aromatic nitrogens is 3. The summed E-state index contributed by atoms with van der Waals surface area (Å²) in [6, 6.07) is 7.75. The van der Waals surface area contributed by atoms with Crippen molar-refractivity contribution in [2.24, 2.45) is 11.8 Å². The van der Waals surface area contributed by atoms with Crippen LogP contribution in [0.4, 0.5) is 0 Å². The van der Waals surface area contributed by atoms with Crippen molar-refractivity contribution in [3.8, 4) is 11.4 Å². The van der Waals surface area contributed by atoms with E-state index < -0.39 is 0 Å². The molecular weight excluding hydrogens is 362 g/mol. The first-order valence-corrected chi connectivity index (χ1v) is 9.80. The molecule has 0 spiro atoms. The number of hydrogen-bond donors (Lipinski definition) is 2. The second kappa shape index (κ2) is 7.60. The third kappa shape index (κ3) is 3.73. The average molecular weight is 388 g/mol. The molecule has 0 unspecified atom stereocenters. The number of rotatable bonds is 3. The monoisotopic (exact) mass is 387 g/mol. The Kier molecular flexibility index (Phi) is 5.19. The summed E-state index contributed by atoms with van der Waals surface area (Å²) in [7, 11) is 0. The Hall–Kier alpha value is -1.92. The molecule has 27 heavy (non-hydrogen) atoms. The van der Waals surface area contributed by atoms with E-state index in [2.05, 4.69) is 20.5 Å². The van der Waals surface area contributed by atoms with Gasteiger partial charge < -0.3 is 10.2 Å². The lowest BCUT2D eigenvalue weighted by atomic mass is 9.92. The minimum Gasteiger partial charge on any atom is -0.339 e. The Morgan fingerprint density at radius 1 is 1.00 bits per heavy atom. The van der Waals surface area contributed by atoms with Gasteiger partial charge in [-0.05, 0) is 62.7 Å². The molecule has 1 amide bonds. The standard InChI is InChI=1S/C20H25N5O.ClH/c26-20(25-9-7-16-11-21-12-17(16)8-10-25)15-5-3-14(4-6-15)19-22-18(23-24-19)13-1-2-13;/h3-6,13,16-17,21H,1-2,7-12H2,(H,22,23,24);1H/t16-,17+;. The van der Waals surface area contributed by atoms with Gasteiger partial charge in [0, 0.05) is 30.1 Å². The predicted octanol–water partition coefficient (Wildman–Crippen LogP) is 2.84. The minimum absolute atomic E-state index is 0. The molecule has 6 nitrogen and oxygen atoms in total. The smallest absolute Gasteiger partial charge is 0.253 e. The van der Waals surface area contributed by atoms with Crippen LogP contribution < -0.4 is 5.32 Å². The summed E-state index contributed by atoms with van der Waals surface area (Å²) in [5.74, 6) is 3.90. The number of fused-ring (bicyclic) bond motifs is 1. The maximum atomic E-state index is 12.9. The third-order valence-electron chi connectivity index (χ3n) is 6.16. The average Bonchev–Trinajstić information content (AvgIpc) is 3.30. The molecule has 1 aliphatic carbocycles. The van der Waals surface area contributed by atoms with Gasteiger partial charge >= 0.3 is 0 Å². The summed E-state index contributed by atoms with van der Waals surface area (Å²) in [5, 5.41) is 10.8. The van der Waals surface area contributed by atoms with Gasteiger partial charge in [-0.3, -0.25) is 9.89 Å². The van der Waals surface area contributed by atoms with Crippen LogP contribution in [0.1, 0.15) is 47.8 Å². The van der Waals surface area contributed by atoms with Gasteiger partial charge in [0.2, 0.25) is 0 Å². The van der Waals surface area contributed by atoms with Crippen LogP contribution in [0.2, 0.25) is 0 Å². The van der Waals surface area contributed by atoms with Gasteiger partial charge in [0.1, 0.15) is 5.82 Å². The Bertz CT molecular complexity index is 787. The molecule has 3 fully saturated rings. The lowest BCUT2D eigenvalue weighted by molar-refractivity contribution is 0.0758. The molecule has 2 aliphatic heterocycles. The third-order valence-corrected chi connectivity index (χ3v) is 6.16. The lowest BCUT2D eigenvalue weighted by Crippen LogP contribution is -2.32. The fraction of sp³-hybridized carbons (Fsp3) is 0.550. The SMILES string of the molecule is Cl.O=C(c1ccc(-c2n[nH]c(C3CC3)n2)cc1)N1CC[C@@H]2CNC[C@@H]2CC1. The summed E-state index contributed by atoms with van der Waals surface area (Å²) in [6.45, 7) is 3.96. The van der Waals surface area contributed by atoms with Crippen LogP contribution in [0.15, 0.2) is 24.3 Å². The molecule has 3 heterocycles. The number of H-pyrrole nitrogens is 1. The second-order valence-electron chi connectivity index (χ2n) is 7.94. The topological polar surface area (TPSA) is 73.9 Å². The molecular formula is C20H26ClN5O. The predicted molar refractivity (Wildman–Crippen MR) is 106 cm³/mol. The van der Waals surface area contributed by atoms with Crippen molar-refractivity contribution < 1.29 is 4.79 Å². The van der Waals surface area contributed by atoms with Crippen LogP contribution >= 0.6 is 12.4 Å².